The highest BCUT2D eigenvalue weighted by molar-refractivity contribution is 5.91. The smallest absolute Gasteiger partial charge is 0.335 e. The summed E-state index contributed by atoms with van der Waals surface area (Å²) in [6.07, 6.45) is 5.19. The predicted molar refractivity (Wildman–Crippen MR) is 130 cm³/mol. The quantitative estimate of drug-likeness (QED) is 0.337. The zero-order valence-corrected chi connectivity index (χ0v) is 19.6. The summed E-state index contributed by atoms with van der Waals surface area (Å²) in [7, 11) is 1.41. The summed E-state index contributed by atoms with van der Waals surface area (Å²) in [5, 5.41) is 14.5. The Bertz CT molecular complexity index is 977. The second-order valence-electron chi connectivity index (χ2n) is 8.44. The molecule has 1 atom stereocenters. The highest BCUT2D eigenvalue weighted by atomic mass is 16.5. The van der Waals surface area contributed by atoms with E-state index in [-0.39, 0.29) is 17.6 Å². The number of carbonyl (C=O) groups excluding carboxylic acids is 2. The van der Waals surface area contributed by atoms with Crippen molar-refractivity contribution in [2.24, 2.45) is 0 Å². The number of esters is 1. The number of fused-ring (bicyclic) bond motifs is 1. The third kappa shape index (κ3) is 7.31. The molecule has 0 bridgehead atoms. The summed E-state index contributed by atoms with van der Waals surface area (Å²) in [5.41, 5.74) is 3.46. The lowest BCUT2D eigenvalue weighted by atomic mass is 9.86. The van der Waals surface area contributed by atoms with E-state index in [1.165, 1.54) is 30.4 Å². The molecule has 0 fully saturated rings. The van der Waals surface area contributed by atoms with Crippen molar-refractivity contribution >= 4 is 23.7 Å². The molecular weight excluding hydrogens is 434 g/mol. The van der Waals surface area contributed by atoms with Crippen molar-refractivity contribution in [1.82, 2.24) is 10.2 Å². The number of aromatic carboxylic acids is 1. The molecule has 0 saturated heterocycles. The molecule has 0 saturated carbocycles. The van der Waals surface area contributed by atoms with Gasteiger partial charge in [0.2, 0.25) is 0 Å². The van der Waals surface area contributed by atoms with Crippen LogP contribution in [0.15, 0.2) is 48.5 Å². The SMILES string of the molecule is COC(=O)CCCN(CCCNC(=O)Nc1ccc(C(=O)O)cc1)C1CCCc2ccccc21. The van der Waals surface area contributed by atoms with Crippen LogP contribution in [0.5, 0.6) is 0 Å². The maximum Gasteiger partial charge on any atom is 0.335 e. The maximum absolute atomic E-state index is 12.2. The molecule has 34 heavy (non-hydrogen) atoms. The predicted octanol–water partition coefficient (Wildman–Crippen LogP) is 4.23. The average molecular weight is 468 g/mol. The number of hydrogen-bond acceptors (Lipinski definition) is 5. The van der Waals surface area contributed by atoms with Gasteiger partial charge in [-0.05, 0) is 74.0 Å². The molecule has 1 aliphatic rings. The van der Waals surface area contributed by atoms with Gasteiger partial charge in [-0.2, -0.15) is 0 Å². The molecule has 2 aromatic rings. The number of urea groups is 1. The number of benzene rings is 2. The maximum atomic E-state index is 12.2. The summed E-state index contributed by atoms with van der Waals surface area (Å²) in [6.45, 7) is 2.09. The van der Waals surface area contributed by atoms with E-state index in [1.54, 1.807) is 12.1 Å². The lowest BCUT2D eigenvalue weighted by molar-refractivity contribution is -0.140. The minimum Gasteiger partial charge on any atom is -0.478 e. The zero-order chi connectivity index (χ0) is 24.3. The van der Waals surface area contributed by atoms with Crippen LogP contribution >= 0.6 is 0 Å². The zero-order valence-electron chi connectivity index (χ0n) is 19.6. The number of ether oxygens (including phenoxy) is 1. The fourth-order valence-corrected chi connectivity index (χ4v) is 4.42. The van der Waals surface area contributed by atoms with E-state index in [1.807, 2.05) is 0 Å². The molecule has 1 unspecified atom stereocenters. The molecule has 8 heteroatoms. The largest absolute Gasteiger partial charge is 0.478 e. The lowest BCUT2D eigenvalue weighted by Crippen LogP contribution is -2.36. The van der Waals surface area contributed by atoms with Crippen LogP contribution in [-0.4, -0.2) is 54.7 Å². The summed E-state index contributed by atoms with van der Waals surface area (Å²) < 4.78 is 4.78. The third-order valence-corrected chi connectivity index (χ3v) is 6.13. The normalized spacial score (nSPS) is 14.8. The number of nitrogens with zero attached hydrogens (tertiary/aromatic N) is 1. The van der Waals surface area contributed by atoms with E-state index in [2.05, 4.69) is 39.8 Å². The molecule has 0 heterocycles. The van der Waals surface area contributed by atoms with Gasteiger partial charge in [0.25, 0.3) is 0 Å². The van der Waals surface area contributed by atoms with Crippen molar-refractivity contribution in [1.29, 1.82) is 0 Å². The van der Waals surface area contributed by atoms with Gasteiger partial charge in [0.05, 0.1) is 12.7 Å². The van der Waals surface area contributed by atoms with Gasteiger partial charge in [-0.25, -0.2) is 9.59 Å². The molecule has 8 nitrogen and oxygen atoms in total. The molecule has 3 N–H and O–H groups in total. The molecule has 0 aromatic heterocycles. The van der Waals surface area contributed by atoms with Crippen molar-refractivity contribution in [2.45, 2.75) is 44.6 Å². The van der Waals surface area contributed by atoms with Gasteiger partial charge in [0.1, 0.15) is 0 Å². The van der Waals surface area contributed by atoms with Gasteiger partial charge in [-0.15, -0.1) is 0 Å². The number of carboxylic acids is 1. The molecule has 0 radical (unpaired) electrons. The highest BCUT2D eigenvalue weighted by Crippen LogP contribution is 2.34. The Morgan fingerprint density at radius 1 is 1.06 bits per heavy atom. The number of amides is 2. The van der Waals surface area contributed by atoms with Crippen LogP contribution in [0.1, 0.15) is 59.6 Å². The summed E-state index contributed by atoms with van der Waals surface area (Å²) in [4.78, 5) is 37.2. The first-order valence-corrected chi connectivity index (χ1v) is 11.7. The Kier molecular flexibility index (Phi) is 9.46. The second-order valence-corrected chi connectivity index (χ2v) is 8.44. The van der Waals surface area contributed by atoms with Crippen LogP contribution in [0.4, 0.5) is 10.5 Å². The fourth-order valence-electron chi connectivity index (χ4n) is 4.42. The van der Waals surface area contributed by atoms with Crippen LogP contribution in [0.2, 0.25) is 0 Å². The van der Waals surface area contributed by atoms with Crippen molar-refractivity contribution < 1.29 is 24.2 Å². The minimum atomic E-state index is -1.01. The van der Waals surface area contributed by atoms with Crippen molar-refractivity contribution in [2.75, 3.05) is 32.1 Å². The van der Waals surface area contributed by atoms with E-state index in [0.717, 1.165) is 45.2 Å². The number of anilines is 1. The van der Waals surface area contributed by atoms with E-state index < -0.39 is 5.97 Å². The van der Waals surface area contributed by atoms with Gasteiger partial charge in [-0.3, -0.25) is 9.69 Å². The van der Waals surface area contributed by atoms with Crippen molar-refractivity contribution in [3.05, 3.63) is 65.2 Å². The molecule has 182 valence electrons. The molecule has 2 aromatic carbocycles. The minimum absolute atomic E-state index is 0.169. The van der Waals surface area contributed by atoms with Crippen LogP contribution in [0.25, 0.3) is 0 Å². The van der Waals surface area contributed by atoms with Gasteiger partial charge in [-0.1, -0.05) is 24.3 Å². The van der Waals surface area contributed by atoms with E-state index in [9.17, 15) is 14.4 Å². The Hall–Kier alpha value is -3.39. The number of methoxy groups -OCH3 is 1. The van der Waals surface area contributed by atoms with Crippen molar-refractivity contribution in [3.63, 3.8) is 0 Å². The Morgan fingerprint density at radius 2 is 1.79 bits per heavy atom. The lowest BCUT2D eigenvalue weighted by Gasteiger charge is -2.36. The summed E-state index contributed by atoms with van der Waals surface area (Å²) >= 11 is 0. The van der Waals surface area contributed by atoms with Crippen LogP contribution < -0.4 is 10.6 Å². The average Bonchev–Trinajstić information content (AvgIpc) is 2.85. The number of carbonyl (C=O) groups is 3. The second kappa shape index (κ2) is 12.7. The highest BCUT2D eigenvalue weighted by Gasteiger charge is 2.25. The van der Waals surface area contributed by atoms with Crippen LogP contribution in [0.3, 0.4) is 0 Å². The number of nitrogens with one attached hydrogen (secondary N) is 2. The first-order chi connectivity index (χ1) is 16.5. The van der Waals surface area contributed by atoms with Gasteiger partial charge >= 0.3 is 18.0 Å². The standard InChI is InChI=1S/C26H33N3O5/c1-34-24(30)11-5-17-29(23-10-4-8-19-7-2-3-9-22(19)23)18-6-16-27-26(33)28-21-14-12-20(13-15-21)25(31)32/h2-3,7,9,12-15,23H,4-6,8,10-11,16-18H2,1H3,(H,31,32)(H2,27,28,33). The van der Waals surface area contributed by atoms with Crippen molar-refractivity contribution in [3.8, 4) is 0 Å². The van der Waals surface area contributed by atoms with Gasteiger partial charge < -0.3 is 20.5 Å². The van der Waals surface area contributed by atoms with Crippen LogP contribution in [-0.2, 0) is 16.0 Å². The summed E-state index contributed by atoms with van der Waals surface area (Å²) in [5.74, 6) is -1.20. The Balaban J connectivity index is 1.52. The monoisotopic (exact) mass is 467 g/mol. The molecule has 0 spiro atoms. The molecule has 0 aliphatic heterocycles. The first kappa shape index (κ1) is 25.2. The Morgan fingerprint density at radius 3 is 2.53 bits per heavy atom. The number of hydrogen-bond donors (Lipinski definition) is 3. The van der Waals surface area contributed by atoms with E-state index in [0.29, 0.717) is 24.7 Å². The fraction of sp³-hybridized carbons (Fsp3) is 0.423. The molecular formula is C26H33N3O5. The van der Waals surface area contributed by atoms with Gasteiger partial charge in [0, 0.05) is 31.2 Å². The summed E-state index contributed by atoms with van der Waals surface area (Å²) in [6, 6.07) is 14.6. The number of carboxylic acid groups (broad SMARTS) is 1. The Labute approximate surface area is 200 Å². The van der Waals surface area contributed by atoms with Gasteiger partial charge in [0.15, 0.2) is 0 Å². The third-order valence-electron chi connectivity index (χ3n) is 6.13. The molecule has 1 aliphatic carbocycles. The first-order valence-electron chi connectivity index (χ1n) is 11.7. The number of aryl methyl sites for hydroxylation is 1. The van der Waals surface area contributed by atoms with E-state index in [4.69, 9.17) is 9.84 Å². The molecule has 3 rings (SSSR count). The number of rotatable bonds is 11. The van der Waals surface area contributed by atoms with E-state index >= 15 is 0 Å². The topological polar surface area (TPSA) is 108 Å². The molecule has 2 amide bonds. The van der Waals surface area contributed by atoms with Crippen LogP contribution in [0, 0.1) is 0 Å².